The molecule has 2 heterocycles. The summed E-state index contributed by atoms with van der Waals surface area (Å²) in [5.74, 6) is -1.03. The van der Waals surface area contributed by atoms with Gasteiger partial charge in [-0.2, -0.15) is 0 Å². The summed E-state index contributed by atoms with van der Waals surface area (Å²) in [5.41, 5.74) is 2.21. The van der Waals surface area contributed by atoms with Crippen LogP contribution in [0.5, 0.6) is 0 Å². The van der Waals surface area contributed by atoms with Crippen molar-refractivity contribution in [1.82, 2.24) is 26.4 Å². The molecule has 1 saturated carbocycles. The van der Waals surface area contributed by atoms with Crippen molar-refractivity contribution in [3.63, 3.8) is 0 Å². The lowest BCUT2D eigenvalue weighted by atomic mass is 9.82. The van der Waals surface area contributed by atoms with Crippen LogP contribution in [0.2, 0.25) is 0 Å². The van der Waals surface area contributed by atoms with Gasteiger partial charge in [0.2, 0.25) is 17.6 Å². The third-order valence-corrected chi connectivity index (χ3v) is 7.95. The molecule has 5 rings (SSSR count). The van der Waals surface area contributed by atoms with Gasteiger partial charge in [0.1, 0.15) is 11.8 Å². The van der Waals surface area contributed by atoms with E-state index in [1.165, 1.54) is 12.5 Å². The Morgan fingerprint density at radius 2 is 1.90 bits per heavy atom. The van der Waals surface area contributed by atoms with Crippen LogP contribution in [0.25, 0.3) is 0 Å². The molecular weight excluding hydrogens is 498 g/mol. The maximum absolute atomic E-state index is 13.6. The molecule has 1 aliphatic heterocycles. The van der Waals surface area contributed by atoms with Crippen LogP contribution < -0.4 is 21.3 Å². The zero-order chi connectivity index (χ0) is 27.4. The first kappa shape index (κ1) is 26.6. The number of carbonyl (C=O) groups is 4. The van der Waals surface area contributed by atoms with E-state index in [-0.39, 0.29) is 23.8 Å². The average Bonchev–Trinajstić information content (AvgIpc) is 3.55. The summed E-state index contributed by atoms with van der Waals surface area (Å²) < 4.78 is 5.02. The number of hydrogen-bond acceptors (Lipinski definition) is 7. The fourth-order valence-electron chi connectivity index (χ4n) is 5.85. The van der Waals surface area contributed by atoms with Crippen molar-refractivity contribution in [2.45, 2.75) is 70.5 Å². The maximum Gasteiger partial charge on any atom is 0.274 e. The Morgan fingerprint density at radius 1 is 1.13 bits per heavy atom. The molecule has 2 aromatic rings. The maximum atomic E-state index is 13.6. The van der Waals surface area contributed by atoms with Gasteiger partial charge in [0, 0.05) is 19.2 Å². The highest BCUT2D eigenvalue weighted by Crippen LogP contribution is 2.32. The van der Waals surface area contributed by atoms with E-state index in [0.29, 0.717) is 36.9 Å². The van der Waals surface area contributed by atoms with Crippen molar-refractivity contribution >= 4 is 23.5 Å². The highest BCUT2D eigenvalue weighted by molar-refractivity contribution is 6.06. The summed E-state index contributed by atoms with van der Waals surface area (Å²) in [6, 6.07) is 9.47. The summed E-state index contributed by atoms with van der Waals surface area (Å²) in [4.78, 5) is 52.7. The molecule has 0 unspecified atom stereocenters. The highest BCUT2D eigenvalue weighted by Gasteiger charge is 2.43. The van der Waals surface area contributed by atoms with E-state index < -0.39 is 29.8 Å². The zero-order valence-electron chi connectivity index (χ0n) is 22.1. The number of aromatic nitrogens is 1. The summed E-state index contributed by atoms with van der Waals surface area (Å²) in [5, 5.41) is 15.5. The minimum absolute atomic E-state index is 0.102. The number of carbonyl (C=O) groups excluding carboxylic acids is 4. The van der Waals surface area contributed by atoms with Gasteiger partial charge in [-0.3, -0.25) is 19.2 Å². The number of nitrogens with zero attached hydrogens (tertiary/aromatic N) is 1. The standard InChI is InChI=1S/C29H35N5O5/c1-17-12-24(34-39-17)29(38)33-23(13-18-8-4-2-5-9-18)28(37)32-22-14-20-21(16-31-27(20)36)25(26(22)35)30-15-19-10-6-3-7-11-19/h3,6-7,10-12,18,20,22-23,30H,2,4-5,8-9,13-16H2,1H3,(H,31,36)(H,32,37)(H,33,38)/t20-,22+,23+/m1/s1. The molecular formula is C29H35N5O5. The van der Waals surface area contributed by atoms with Crippen molar-refractivity contribution in [2.24, 2.45) is 11.8 Å². The second-order valence-electron chi connectivity index (χ2n) is 10.8. The van der Waals surface area contributed by atoms with Crippen LogP contribution in [0, 0.1) is 18.8 Å². The van der Waals surface area contributed by atoms with Gasteiger partial charge in [0.05, 0.1) is 17.7 Å². The number of rotatable bonds is 9. The van der Waals surface area contributed by atoms with Crippen LogP contribution in [0.4, 0.5) is 0 Å². The lowest BCUT2D eigenvalue weighted by molar-refractivity contribution is -0.129. The highest BCUT2D eigenvalue weighted by atomic mass is 16.5. The van der Waals surface area contributed by atoms with Crippen LogP contribution in [0.15, 0.2) is 52.2 Å². The summed E-state index contributed by atoms with van der Waals surface area (Å²) in [7, 11) is 0. The SMILES string of the molecule is Cc1cc(C(=O)N[C@@H](CC2CCCCC2)C(=O)N[C@H]2C[C@H]3C(=O)NCC3=C(NCc3ccccc3)C2=O)no1. The molecule has 0 radical (unpaired) electrons. The van der Waals surface area contributed by atoms with Gasteiger partial charge in [-0.1, -0.05) is 67.6 Å². The minimum Gasteiger partial charge on any atom is -0.378 e. The second kappa shape index (κ2) is 11.8. The first-order valence-corrected chi connectivity index (χ1v) is 13.8. The van der Waals surface area contributed by atoms with E-state index in [0.717, 1.165) is 36.8 Å². The fraction of sp³-hybridized carbons (Fsp3) is 0.483. The third kappa shape index (κ3) is 6.21. The normalized spacial score (nSPS) is 22.2. The smallest absolute Gasteiger partial charge is 0.274 e. The monoisotopic (exact) mass is 533 g/mol. The molecule has 3 amide bonds. The van der Waals surface area contributed by atoms with Crippen molar-refractivity contribution in [1.29, 1.82) is 0 Å². The Kier molecular flexibility index (Phi) is 8.09. The molecule has 10 heteroatoms. The van der Waals surface area contributed by atoms with Crippen molar-refractivity contribution in [3.05, 3.63) is 64.7 Å². The van der Waals surface area contributed by atoms with E-state index in [4.69, 9.17) is 4.52 Å². The average molecular weight is 534 g/mol. The molecule has 1 saturated heterocycles. The molecule has 4 N–H and O–H groups in total. The number of ketones is 1. The predicted molar refractivity (Wildman–Crippen MR) is 142 cm³/mol. The van der Waals surface area contributed by atoms with E-state index in [1.54, 1.807) is 6.92 Å². The molecule has 10 nitrogen and oxygen atoms in total. The quantitative estimate of drug-likeness (QED) is 0.387. The Morgan fingerprint density at radius 3 is 2.62 bits per heavy atom. The number of benzene rings is 1. The van der Waals surface area contributed by atoms with E-state index in [2.05, 4.69) is 26.4 Å². The number of fused-ring (bicyclic) bond motifs is 1. The molecule has 1 aromatic heterocycles. The first-order valence-electron chi connectivity index (χ1n) is 13.8. The predicted octanol–water partition coefficient (Wildman–Crippen LogP) is 2.30. The number of Topliss-reactive ketones (excluding diaryl/α,β-unsaturated/α-hetero) is 1. The second-order valence-corrected chi connectivity index (χ2v) is 10.8. The van der Waals surface area contributed by atoms with E-state index >= 15 is 0 Å². The lowest BCUT2D eigenvalue weighted by Gasteiger charge is -2.31. The Hall–Kier alpha value is -3.95. The van der Waals surface area contributed by atoms with Crippen LogP contribution in [0.1, 0.15) is 66.8 Å². The van der Waals surface area contributed by atoms with Gasteiger partial charge in [-0.05, 0) is 36.8 Å². The largest absolute Gasteiger partial charge is 0.378 e. The van der Waals surface area contributed by atoms with Crippen molar-refractivity contribution < 1.29 is 23.7 Å². The van der Waals surface area contributed by atoms with Crippen LogP contribution >= 0.6 is 0 Å². The van der Waals surface area contributed by atoms with Gasteiger partial charge >= 0.3 is 0 Å². The first-order chi connectivity index (χ1) is 18.9. The molecule has 2 fully saturated rings. The van der Waals surface area contributed by atoms with Crippen molar-refractivity contribution in [2.75, 3.05) is 6.54 Å². The molecule has 1 aromatic carbocycles. The molecule has 3 aliphatic rings. The van der Waals surface area contributed by atoms with Gasteiger partial charge in [-0.25, -0.2) is 0 Å². The lowest BCUT2D eigenvalue weighted by Crippen LogP contribution is -2.55. The molecule has 0 spiro atoms. The van der Waals surface area contributed by atoms with Gasteiger partial charge in [0.15, 0.2) is 5.69 Å². The number of aryl methyl sites for hydroxylation is 1. The Bertz CT molecular complexity index is 1260. The molecule has 206 valence electrons. The Labute approximate surface area is 227 Å². The van der Waals surface area contributed by atoms with E-state index in [9.17, 15) is 19.2 Å². The van der Waals surface area contributed by atoms with Crippen LogP contribution in [-0.2, 0) is 20.9 Å². The van der Waals surface area contributed by atoms with Crippen LogP contribution in [0.3, 0.4) is 0 Å². The number of amides is 3. The number of hydrogen-bond donors (Lipinski definition) is 4. The van der Waals surface area contributed by atoms with Gasteiger partial charge in [-0.15, -0.1) is 0 Å². The van der Waals surface area contributed by atoms with Gasteiger partial charge in [0.25, 0.3) is 5.91 Å². The zero-order valence-corrected chi connectivity index (χ0v) is 22.1. The third-order valence-electron chi connectivity index (χ3n) is 7.95. The van der Waals surface area contributed by atoms with Crippen molar-refractivity contribution in [3.8, 4) is 0 Å². The fourth-order valence-corrected chi connectivity index (χ4v) is 5.85. The topological polar surface area (TPSA) is 142 Å². The molecule has 39 heavy (non-hydrogen) atoms. The van der Waals surface area contributed by atoms with Crippen LogP contribution in [-0.4, -0.2) is 47.3 Å². The van der Waals surface area contributed by atoms with E-state index in [1.807, 2.05) is 30.3 Å². The Balaban J connectivity index is 1.32. The molecule has 2 aliphatic carbocycles. The van der Waals surface area contributed by atoms with Gasteiger partial charge < -0.3 is 25.8 Å². The minimum atomic E-state index is -0.881. The summed E-state index contributed by atoms with van der Waals surface area (Å²) >= 11 is 0. The molecule has 0 bridgehead atoms. The number of nitrogens with one attached hydrogen (secondary N) is 4. The molecule has 3 atom stereocenters. The summed E-state index contributed by atoms with van der Waals surface area (Å²) in [6.45, 7) is 2.42. The summed E-state index contributed by atoms with van der Waals surface area (Å²) in [6.07, 6.45) is 6.01.